The molecule has 0 saturated carbocycles. The Kier molecular flexibility index (Phi) is 5.02. The monoisotopic (exact) mass is 384 g/mol. The van der Waals surface area contributed by atoms with Crippen LogP contribution in [0.5, 0.6) is 0 Å². The lowest BCUT2D eigenvalue weighted by Gasteiger charge is -2.42. The van der Waals surface area contributed by atoms with Crippen LogP contribution in [-0.4, -0.2) is 48.6 Å². The molecule has 1 unspecified atom stereocenters. The Balaban J connectivity index is 1.48. The Morgan fingerprint density at radius 3 is 2.67 bits per heavy atom. The number of amides is 2. The number of hydrogen-bond acceptors (Lipinski definition) is 4. The molecule has 142 valence electrons. The number of benzene rings is 1. The minimum Gasteiger partial charge on any atom is -0.363 e. The fourth-order valence-electron chi connectivity index (χ4n) is 3.94. The van der Waals surface area contributed by atoms with Crippen LogP contribution in [-0.2, 0) is 9.53 Å². The van der Waals surface area contributed by atoms with Crippen molar-refractivity contribution in [3.05, 3.63) is 52.2 Å². The predicted molar refractivity (Wildman–Crippen MR) is 106 cm³/mol. The molecule has 1 aromatic heterocycles. The fraction of sp³-hybridized carbons (Fsp3) is 0.429. The molecule has 2 saturated heterocycles. The normalized spacial score (nSPS) is 23.5. The highest BCUT2D eigenvalue weighted by Gasteiger charge is 2.42. The van der Waals surface area contributed by atoms with E-state index in [1.165, 1.54) is 0 Å². The molecule has 2 aliphatic heterocycles. The van der Waals surface area contributed by atoms with Gasteiger partial charge in [-0.05, 0) is 50.5 Å². The van der Waals surface area contributed by atoms with E-state index < -0.39 is 0 Å². The van der Waals surface area contributed by atoms with Crippen LogP contribution >= 0.6 is 11.3 Å². The van der Waals surface area contributed by atoms with Crippen molar-refractivity contribution < 1.29 is 14.3 Å². The molecule has 2 amide bonds. The minimum atomic E-state index is -0.371. The number of anilines is 1. The van der Waals surface area contributed by atoms with Crippen molar-refractivity contribution in [3.8, 4) is 0 Å². The topological polar surface area (TPSA) is 49.9 Å². The number of likely N-dealkylation sites (tertiary alicyclic amines) is 1. The molecule has 2 fully saturated rings. The first-order valence-corrected chi connectivity index (χ1v) is 10.2. The summed E-state index contributed by atoms with van der Waals surface area (Å²) in [6.45, 7) is 4.07. The van der Waals surface area contributed by atoms with Gasteiger partial charge in [-0.1, -0.05) is 18.2 Å². The van der Waals surface area contributed by atoms with Gasteiger partial charge < -0.3 is 14.5 Å². The van der Waals surface area contributed by atoms with Crippen LogP contribution in [0.4, 0.5) is 5.69 Å². The zero-order valence-corrected chi connectivity index (χ0v) is 16.3. The van der Waals surface area contributed by atoms with E-state index >= 15 is 0 Å². The molecule has 27 heavy (non-hydrogen) atoms. The average molecular weight is 385 g/mol. The van der Waals surface area contributed by atoms with Crippen molar-refractivity contribution in [2.45, 2.75) is 31.8 Å². The van der Waals surface area contributed by atoms with Gasteiger partial charge in [0.1, 0.15) is 6.61 Å². The minimum absolute atomic E-state index is 0.00179. The second-order valence-corrected chi connectivity index (χ2v) is 8.63. The van der Waals surface area contributed by atoms with Crippen molar-refractivity contribution in [1.82, 2.24) is 4.90 Å². The lowest BCUT2D eigenvalue weighted by atomic mass is 9.92. The first-order valence-electron chi connectivity index (χ1n) is 9.41. The SMILES string of the molecule is Cc1ccc(C(=O)N2CCCC3(CC2)CN(c2ccccc2)C(=O)CO3)s1. The van der Waals surface area contributed by atoms with Gasteiger partial charge in [-0.3, -0.25) is 9.59 Å². The summed E-state index contributed by atoms with van der Waals surface area (Å²) in [5, 5.41) is 0. The van der Waals surface area contributed by atoms with E-state index in [0.717, 1.165) is 41.2 Å². The zero-order chi connectivity index (χ0) is 18.9. The summed E-state index contributed by atoms with van der Waals surface area (Å²) in [5.74, 6) is 0.106. The number of rotatable bonds is 2. The van der Waals surface area contributed by atoms with Gasteiger partial charge in [-0.15, -0.1) is 11.3 Å². The van der Waals surface area contributed by atoms with Crippen LogP contribution in [0.3, 0.4) is 0 Å². The highest BCUT2D eigenvalue weighted by atomic mass is 32.1. The van der Waals surface area contributed by atoms with Crippen molar-refractivity contribution >= 4 is 28.8 Å². The van der Waals surface area contributed by atoms with E-state index in [2.05, 4.69) is 0 Å². The van der Waals surface area contributed by atoms with Gasteiger partial charge in [0.15, 0.2) is 0 Å². The first kappa shape index (κ1) is 18.2. The number of carbonyl (C=O) groups excluding carboxylic acids is 2. The van der Waals surface area contributed by atoms with E-state index in [9.17, 15) is 9.59 Å². The van der Waals surface area contributed by atoms with E-state index in [4.69, 9.17) is 4.74 Å². The zero-order valence-electron chi connectivity index (χ0n) is 15.5. The van der Waals surface area contributed by atoms with Gasteiger partial charge in [0.2, 0.25) is 0 Å². The Hall–Kier alpha value is -2.18. The average Bonchev–Trinajstić information content (AvgIpc) is 3.02. The van der Waals surface area contributed by atoms with Crippen LogP contribution in [0.15, 0.2) is 42.5 Å². The molecule has 0 bridgehead atoms. The number of thiophene rings is 1. The number of carbonyl (C=O) groups is 2. The Morgan fingerprint density at radius 1 is 1.11 bits per heavy atom. The van der Waals surface area contributed by atoms with Crippen molar-refractivity contribution in [2.24, 2.45) is 0 Å². The van der Waals surface area contributed by atoms with Gasteiger partial charge in [-0.2, -0.15) is 0 Å². The lowest BCUT2D eigenvalue weighted by molar-refractivity contribution is -0.140. The number of para-hydroxylation sites is 1. The summed E-state index contributed by atoms with van der Waals surface area (Å²) < 4.78 is 6.06. The molecule has 1 spiro atoms. The van der Waals surface area contributed by atoms with E-state index in [1.54, 1.807) is 11.3 Å². The Bertz CT molecular complexity index is 835. The molecule has 1 aromatic carbocycles. The largest absolute Gasteiger partial charge is 0.363 e. The van der Waals surface area contributed by atoms with Crippen LogP contribution in [0, 0.1) is 6.92 Å². The molecule has 5 nitrogen and oxygen atoms in total. The number of morpholine rings is 1. The molecular weight excluding hydrogens is 360 g/mol. The summed E-state index contributed by atoms with van der Waals surface area (Å²) in [7, 11) is 0. The van der Waals surface area contributed by atoms with Crippen LogP contribution < -0.4 is 4.90 Å². The number of hydrogen-bond donors (Lipinski definition) is 0. The molecule has 0 aliphatic carbocycles. The summed E-state index contributed by atoms with van der Waals surface area (Å²) >= 11 is 1.55. The molecule has 0 radical (unpaired) electrons. The van der Waals surface area contributed by atoms with Crippen LogP contribution in [0.2, 0.25) is 0 Å². The van der Waals surface area contributed by atoms with E-state index in [1.807, 2.05) is 59.2 Å². The molecular formula is C21H24N2O3S. The van der Waals surface area contributed by atoms with E-state index in [-0.39, 0.29) is 24.0 Å². The number of nitrogens with zero attached hydrogens (tertiary/aromatic N) is 2. The smallest absolute Gasteiger partial charge is 0.263 e. The summed E-state index contributed by atoms with van der Waals surface area (Å²) in [6, 6.07) is 13.7. The third kappa shape index (κ3) is 3.77. The van der Waals surface area contributed by atoms with Crippen molar-refractivity contribution in [1.29, 1.82) is 0 Å². The second kappa shape index (κ2) is 7.44. The number of aryl methyl sites for hydroxylation is 1. The highest BCUT2D eigenvalue weighted by Crippen LogP contribution is 2.33. The van der Waals surface area contributed by atoms with Gasteiger partial charge >= 0.3 is 0 Å². The van der Waals surface area contributed by atoms with Crippen LogP contribution in [0.1, 0.15) is 33.8 Å². The molecule has 2 aliphatic rings. The third-order valence-corrected chi connectivity index (χ3v) is 6.44. The Labute approximate surface area is 163 Å². The van der Waals surface area contributed by atoms with Crippen LogP contribution in [0.25, 0.3) is 0 Å². The molecule has 4 rings (SSSR count). The maximum atomic E-state index is 12.8. The lowest BCUT2D eigenvalue weighted by Crippen LogP contribution is -2.55. The fourth-order valence-corrected chi connectivity index (χ4v) is 4.77. The Morgan fingerprint density at radius 2 is 1.93 bits per heavy atom. The van der Waals surface area contributed by atoms with Crippen molar-refractivity contribution in [3.63, 3.8) is 0 Å². The maximum absolute atomic E-state index is 12.8. The van der Waals surface area contributed by atoms with Gasteiger partial charge in [0.25, 0.3) is 11.8 Å². The summed E-state index contributed by atoms with van der Waals surface area (Å²) in [6.07, 6.45) is 2.49. The predicted octanol–water partition coefficient (Wildman–Crippen LogP) is 3.48. The maximum Gasteiger partial charge on any atom is 0.263 e. The van der Waals surface area contributed by atoms with Gasteiger partial charge in [-0.25, -0.2) is 0 Å². The molecule has 3 heterocycles. The molecule has 2 aromatic rings. The van der Waals surface area contributed by atoms with Gasteiger partial charge in [0.05, 0.1) is 17.0 Å². The molecule has 0 N–H and O–H groups in total. The summed E-state index contributed by atoms with van der Waals surface area (Å²) in [4.78, 5) is 30.9. The molecule has 6 heteroatoms. The second-order valence-electron chi connectivity index (χ2n) is 7.34. The summed E-state index contributed by atoms with van der Waals surface area (Å²) in [5.41, 5.74) is 0.542. The first-order chi connectivity index (χ1) is 13.1. The number of ether oxygens (including phenoxy) is 1. The standard InChI is InChI=1S/C21H24N2O3S/c1-16-8-9-18(27-16)20(25)22-12-5-10-21(11-13-22)15-23(19(24)14-26-21)17-6-3-2-4-7-17/h2-4,6-9H,5,10-15H2,1H3. The van der Waals surface area contributed by atoms with Gasteiger partial charge in [0, 0.05) is 23.7 Å². The highest BCUT2D eigenvalue weighted by molar-refractivity contribution is 7.13. The quantitative estimate of drug-likeness (QED) is 0.796. The van der Waals surface area contributed by atoms with Crippen molar-refractivity contribution in [2.75, 3.05) is 31.1 Å². The third-order valence-electron chi connectivity index (χ3n) is 5.45. The molecule has 1 atom stereocenters. The van der Waals surface area contributed by atoms with E-state index in [0.29, 0.717) is 13.1 Å².